The number of carbonyl (C=O) groups is 1. The molecule has 1 heterocycles. The van der Waals surface area contributed by atoms with Crippen molar-refractivity contribution in [2.24, 2.45) is 0 Å². The molecule has 0 aromatic rings. The van der Waals surface area contributed by atoms with Crippen molar-refractivity contribution in [1.82, 2.24) is 10.6 Å². The second-order valence-corrected chi connectivity index (χ2v) is 5.55. The van der Waals surface area contributed by atoms with Gasteiger partial charge in [0, 0.05) is 41.9 Å². The SMILES string of the molecule is CCS(=O)CCNC(=O)CC1CNCCO1. The molecule has 0 spiro atoms. The molecule has 1 aliphatic heterocycles. The summed E-state index contributed by atoms with van der Waals surface area (Å²) in [5.74, 6) is 1.15. The highest BCUT2D eigenvalue weighted by Gasteiger charge is 2.16. The lowest BCUT2D eigenvalue weighted by Gasteiger charge is -2.22. The molecule has 0 radical (unpaired) electrons. The zero-order valence-corrected chi connectivity index (χ0v) is 10.5. The molecule has 1 aliphatic rings. The van der Waals surface area contributed by atoms with E-state index in [4.69, 9.17) is 4.74 Å². The molecule has 2 N–H and O–H groups in total. The molecule has 2 unspecified atom stereocenters. The maximum Gasteiger partial charge on any atom is 0.222 e. The van der Waals surface area contributed by atoms with Crippen molar-refractivity contribution in [3.05, 3.63) is 0 Å². The fourth-order valence-electron chi connectivity index (χ4n) is 1.48. The minimum atomic E-state index is -0.808. The third-order valence-corrected chi connectivity index (χ3v) is 3.69. The molecule has 0 aliphatic carbocycles. The topological polar surface area (TPSA) is 67.4 Å². The second kappa shape index (κ2) is 7.76. The number of morpholine rings is 1. The van der Waals surface area contributed by atoms with Crippen LogP contribution in [0.5, 0.6) is 0 Å². The lowest BCUT2D eigenvalue weighted by Crippen LogP contribution is -2.41. The van der Waals surface area contributed by atoms with E-state index < -0.39 is 10.8 Å². The number of hydrogen-bond donors (Lipinski definition) is 2. The molecule has 0 aromatic heterocycles. The Bertz CT molecular complexity index is 242. The summed E-state index contributed by atoms with van der Waals surface area (Å²) in [5, 5.41) is 5.93. The molecular weight excluding hydrogens is 228 g/mol. The highest BCUT2D eigenvalue weighted by molar-refractivity contribution is 7.84. The third-order valence-electron chi connectivity index (χ3n) is 2.39. The largest absolute Gasteiger partial charge is 0.375 e. The van der Waals surface area contributed by atoms with Crippen LogP contribution < -0.4 is 10.6 Å². The maximum atomic E-state index is 11.5. The molecule has 5 nitrogen and oxygen atoms in total. The summed E-state index contributed by atoms with van der Waals surface area (Å²) >= 11 is 0. The molecule has 0 saturated carbocycles. The maximum absolute atomic E-state index is 11.5. The molecule has 16 heavy (non-hydrogen) atoms. The number of nitrogens with one attached hydrogen (secondary N) is 2. The lowest BCUT2D eigenvalue weighted by atomic mass is 10.2. The van der Waals surface area contributed by atoms with Crippen LogP contribution in [0.1, 0.15) is 13.3 Å². The van der Waals surface area contributed by atoms with Crippen molar-refractivity contribution in [1.29, 1.82) is 0 Å². The van der Waals surface area contributed by atoms with E-state index in [0.29, 0.717) is 31.1 Å². The Morgan fingerprint density at radius 3 is 3.06 bits per heavy atom. The molecule has 94 valence electrons. The van der Waals surface area contributed by atoms with Crippen molar-refractivity contribution in [2.75, 3.05) is 37.7 Å². The van der Waals surface area contributed by atoms with Crippen LogP contribution in [0.4, 0.5) is 0 Å². The van der Waals surface area contributed by atoms with Crippen molar-refractivity contribution >= 4 is 16.7 Å². The van der Waals surface area contributed by atoms with Crippen LogP contribution in [0, 0.1) is 0 Å². The third kappa shape index (κ3) is 5.58. The lowest BCUT2D eigenvalue weighted by molar-refractivity contribution is -0.124. The van der Waals surface area contributed by atoms with Gasteiger partial charge in [-0.1, -0.05) is 6.92 Å². The summed E-state index contributed by atoms with van der Waals surface area (Å²) in [7, 11) is -0.808. The van der Waals surface area contributed by atoms with Gasteiger partial charge in [0.25, 0.3) is 0 Å². The van der Waals surface area contributed by atoms with Gasteiger partial charge in [-0.2, -0.15) is 0 Å². The number of ether oxygens (including phenoxy) is 1. The van der Waals surface area contributed by atoms with Gasteiger partial charge in [0.05, 0.1) is 19.1 Å². The molecule has 6 heteroatoms. The fraction of sp³-hybridized carbons (Fsp3) is 0.900. The summed E-state index contributed by atoms with van der Waals surface area (Å²) in [6.07, 6.45) is 0.358. The summed E-state index contributed by atoms with van der Waals surface area (Å²) in [6.45, 7) is 4.61. The predicted molar refractivity (Wildman–Crippen MR) is 63.8 cm³/mol. The Hall–Kier alpha value is -0.460. The van der Waals surface area contributed by atoms with Crippen LogP contribution in [0.2, 0.25) is 0 Å². The van der Waals surface area contributed by atoms with Gasteiger partial charge in [0.1, 0.15) is 0 Å². The average Bonchev–Trinajstić information content (AvgIpc) is 2.30. The predicted octanol–water partition coefficient (Wildman–Crippen LogP) is -0.750. The van der Waals surface area contributed by atoms with Crippen LogP contribution in [0.15, 0.2) is 0 Å². The number of rotatable bonds is 6. The first kappa shape index (κ1) is 13.6. The van der Waals surface area contributed by atoms with E-state index >= 15 is 0 Å². The molecule has 0 aromatic carbocycles. The Balaban J connectivity index is 2.08. The van der Waals surface area contributed by atoms with E-state index in [-0.39, 0.29) is 12.0 Å². The van der Waals surface area contributed by atoms with Gasteiger partial charge in [-0.05, 0) is 0 Å². The number of hydrogen-bond acceptors (Lipinski definition) is 4. The Morgan fingerprint density at radius 1 is 1.62 bits per heavy atom. The molecular formula is C10H20N2O3S. The van der Waals surface area contributed by atoms with Gasteiger partial charge in [0.2, 0.25) is 5.91 Å². The van der Waals surface area contributed by atoms with E-state index in [0.717, 1.165) is 13.1 Å². The smallest absolute Gasteiger partial charge is 0.222 e. The standard InChI is InChI=1S/C10H20N2O3S/c1-2-16(14)6-4-12-10(13)7-9-8-11-3-5-15-9/h9,11H,2-8H2,1H3,(H,12,13). The van der Waals surface area contributed by atoms with Gasteiger partial charge in [0.15, 0.2) is 0 Å². The summed E-state index contributed by atoms with van der Waals surface area (Å²) < 4.78 is 16.5. The van der Waals surface area contributed by atoms with E-state index in [1.165, 1.54) is 0 Å². The Labute approximate surface area is 98.8 Å². The molecule has 2 atom stereocenters. The Kier molecular flexibility index (Phi) is 6.59. The first-order valence-corrected chi connectivity index (χ1v) is 7.15. The van der Waals surface area contributed by atoms with Gasteiger partial charge in [-0.25, -0.2) is 0 Å². The fourth-order valence-corrected chi connectivity index (χ4v) is 2.10. The number of carbonyl (C=O) groups excluding carboxylic acids is 1. The average molecular weight is 248 g/mol. The van der Waals surface area contributed by atoms with Gasteiger partial charge in [-0.15, -0.1) is 0 Å². The molecule has 1 amide bonds. The summed E-state index contributed by atoms with van der Waals surface area (Å²) in [6, 6.07) is 0. The van der Waals surface area contributed by atoms with Crippen LogP contribution in [0.3, 0.4) is 0 Å². The van der Waals surface area contributed by atoms with Crippen molar-refractivity contribution in [2.45, 2.75) is 19.4 Å². The van der Waals surface area contributed by atoms with Crippen molar-refractivity contribution < 1.29 is 13.7 Å². The zero-order chi connectivity index (χ0) is 11.8. The molecule has 0 bridgehead atoms. The van der Waals surface area contributed by atoms with Crippen molar-refractivity contribution in [3.63, 3.8) is 0 Å². The van der Waals surface area contributed by atoms with Crippen molar-refractivity contribution in [3.8, 4) is 0 Å². The molecule has 1 rings (SSSR count). The van der Waals surface area contributed by atoms with Gasteiger partial charge >= 0.3 is 0 Å². The van der Waals surface area contributed by atoms with Gasteiger partial charge < -0.3 is 15.4 Å². The highest BCUT2D eigenvalue weighted by atomic mass is 32.2. The highest BCUT2D eigenvalue weighted by Crippen LogP contribution is 2.00. The van der Waals surface area contributed by atoms with Crippen LogP contribution in [-0.4, -0.2) is 54.0 Å². The summed E-state index contributed by atoms with van der Waals surface area (Å²) in [5.41, 5.74) is 0. The van der Waals surface area contributed by atoms with E-state index in [9.17, 15) is 9.00 Å². The minimum Gasteiger partial charge on any atom is -0.375 e. The quantitative estimate of drug-likeness (QED) is 0.649. The first-order chi connectivity index (χ1) is 7.72. The molecule has 1 saturated heterocycles. The van der Waals surface area contributed by atoms with Crippen LogP contribution in [0.25, 0.3) is 0 Å². The monoisotopic (exact) mass is 248 g/mol. The zero-order valence-electron chi connectivity index (χ0n) is 9.66. The van der Waals surface area contributed by atoms with E-state index in [2.05, 4.69) is 10.6 Å². The summed E-state index contributed by atoms with van der Waals surface area (Å²) in [4.78, 5) is 11.5. The van der Waals surface area contributed by atoms with Gasteiger partial charge in [-0.3, -0.25) is 9.00 Å². The first-order valence-electron chi connectivity index (χ1n) is 5.66. The normalized spacial score (nSPS) is 22.7. The minimum absolute atomic E-state index is 0.0228. The van der Waals surface area contributed by atoms with Crippen LogP contribution >= 0.6 is 0 Å². The second-order valence-electron chi connectivity index (χ2n) is 3.68. The van der Waals surface area contributed by atoms with E-state index in [1.807, 2.05) is 6.92 Å². The van der Waals surface area contributed by atoms with Crippen LogP contribution in [-0.2, 0) is 20.3 Å². The molecule has 1 fully saturated rings. The Morgan fingerprint density at radius 2 is 2.44 bits per heavy atom. The number of amides is 1. The van der Waals surface area contributed by atoms with E-state index in [1.54, 1.807) is 0 Å².